The highest BCUT2D eigenvalue weighted by Crippen LogP contribution is 2.31. The summed E-state index contributed by atoms with van der Waals surface area (Å²) in [6.07, 6.45) is 0.567. The predicted octanol–water partition coefficient (Wildman–Crippen LogP) is 4.26. The summed E-state index contributed by atoms with van der Waals surface area (Å²) in [4.78, 5) is 9.31. The molecule has 0 aliphatic carbocycles. The van der Waals surface area contributed by atoms with Gasteiger partial charge in [-0.1, -0.05) is 53.7 Å². The summed E-state index contributed by atoms with van der Waals surface area (Å²) >= 11 is 0. The van der Waals surface area contributed by atoms with Crippen molar-refractivity contribution in [3.63, 3.8) is 0 Å². The van der Waals surface area contributed by atoms with E-state index in [2.05, 4.69) is 57.3 Å². The molecular weight excluding hydrogens is 388 g/mol. The Hall–Kier alpha value is -3.38. The van der Waals surface area contributed by atoms with Crippen molar-refractivity contribution >= 4 is 16.5 Å². The Bertz CT molecular complexity index is 1150. The summed E-state index contributed by atoms with van der Waals surface area (Å²) in [5.41, 5.74) is 2.23. The number of hydrogen-bond donors (Lipinski definition) is 0. The van der Waals surface area contributed by atoms with Crippen LogP contribution in [0.2, 0.25) is 0 Å². The molecule has 158 valence electrons. The number of hydrogen-bond acceptors (Lipinski definition) is 6. The van der Waals surface area contributed by atoms with Gasteiger partial charge in [-0.25, -0.2) is 0 Å². The van der Waals surface area contributed by atoms with Crippen LogP contribution in [0.4, 0.5) is 5.69 Å². The summed E-state index contributed by atoms with van der Waals surface area (Å²) in [5, 5.41) is 6.53. The SMILES string of the molecule is CN1CCN(c2cccc3ccc(OCCc4nc(-c5ccccc5)no4)cc23)CC1. The van der Waals surface area contributed by atoms with Crippen LogP contribution in [0.25, 0.3) is 22.2 Å². The minimum Gasteiger partial charge on any atom is -0.493 e. The van der Waals surface area contributed by atoms with Crippen molar-refractivity contribution in [2.45, 2.75) is 6.42 Å². The van der Waals surface area contributed by atoms with Crippen LogP contribution in [-0.2, 0) is 6.42 Å². The van der Waals surface area contributed by atoms with Crippen LogP contribution in [0, 0.1) is 0 Å². The second kappa shape index (κ2) is 8.78. The molecule has 1 fully saturated rings. The molecule has 5 rings (SSSR count). The molecule has 2 heterocycles. The number of fused-ring (bicyclic) bond motifs is 1. The molecule has 0 spiro atoms. The fraction of sp³-hybridized carbons (Fsp3) is 0.280. The van der Waals surface area contributed by atoms with E-state index in [9.17, 15) is 0 Å². The summed E-state index contributed by atoms with van der Waals surface area (Å²) < 4.78 is 11.4. The second-order valence-electron chi connectivity index (χ2n) is 7.93. The Morgan fingerprint density at radius 2 is 1.77 bits per heavy atom. The monoisotopic (exact) mass is 414 g/mol. The Balaban J connectivity index is 1.27. The van der Waals surface area contributed by atoms with Gasteiger partial charge in [0, 0.05) is 42.8 Å². The van der Waals surface area contributed by atoms with E-state index in [1.165, 1.54) is 16.5 Å². The summed E-state index contributed by atoms with van der Waals surface area (Å²) in [6.45, 7) is 4.74. The normalized spacial score (nSPS) is 14.8. The van der Waals surface area contributed by atoms with Crippen LogP contribution in [-0.4, -0.2) is 54.9 Å². The van der Waals surface area contributed by atoms with E-state index < -0.39 is 0 Å². The fourth-order valence-electron chi connectivity index (χ4n) is 3.97. The second-order valence-corrected chi connectivity index (χ2v) is 7.93. The van der Waals surface area contributed by atoms with Gasteiger partial charge >= 0.3 is 0 Å². The van der Waals surface area contributed by atoms with Crippen LogP contribution < -0.4 is 9.64 Å². The Labute approximate surface area is 182 Å². The lowest BCUT2D eigenvalue weighted by molar-refractivity contribution is 0.293. The topological polar surface area (TPSA) is 54.6 Å². The number of anilines is 1. The minimum atomic E-state index is 0.485. The standard InChI is InChI=1S/C25H26N4O2/c1-28-13-15-29(16-14-28)23-9-5-8-19-10-11-21(18-22(19)23)30-17-12-24-26-25(27-31-24)20-6-3-2-4-7-20/h2-11,18H,12-17H2,1H3. The van der Waals surface area contributed by atoms with Gasteiger partial charge in [-0.15, -0.1) is 0 Å². The van der Waals surface area contributed by atoms with Crippen LogP contribution in [0.1, 0.15) is 5.89 Å². The van der Waals surface area contributed by atoms with E-state index in [0.717, 1.165) is 37.5 Å². The van der Waals surface area contributed by atoms with Gasteiger partial charge in [0.1, 0.15) is 5.75 Å². The number of aromatic nitrogens is 2. The molecule has 0 atom stereocenters. The van der Waals surface area contributed by atoms with Crippen LogP contribution in [0.5, 0.6) is 5.75 Å². The zero-order chi connectivity index (χ0) is 21.0. The molecular formula is C25H26N4O2. The quantitative estimate of drug-likeness (QED) is 0.470. The first-order valence-electron chi connectivity index (χ1n) is 10.7. The van der Waals surface area contributed by atoms with E-state index in [-0.39, 0.29) is 0 Å². The third-order valence-electron chi connectivity index (χ3n) is 5.76. The van der Waals surface area contributed by atoms with Crippen molar-refractivity contribution in [1.29, 1.82) is 0 Å². The lowest BCUT2D eigenvalue weighted by atomic mass is 10.1. The Morgan fingerprint density at radius 1 is 0.935 bits per heavy atom. The van der Waals surface area contributed by atoms with Gasteiger partial charge < -0.3 is 19.1 Å². The number of ether oxygens (including phenoxy) is 1. The van der Waals surface area contributed by atoms with Crippen LogP contribution in [0.3, 0.4) is 0 Å². The van der Waals surface area contributed by atoms with Gasteiger partial charge in [0.25, 0.3) is 0 Å². The summed E-state index contributed by atoms with van der Waals surface area (Å²) in [7, 11) is 2.18. The third-order valence-corrected chi connectivity index (χ3v) is 5.76. The Kier molecular flexibility index (Phi) is 5.54. The van der Waals surface area contributed by atoms with Gasteiger partial charge in [-0.2, -0.15) is 4.98 Å². The van der Waals surface area contributed by atoms with Crippen molar-refractivity contribution < 1.29 is 9.26 Å². The minimum absolute atomic E-state index is 0.485. The molecule has 6 heteroatoms. The van der Waals surface area contributed by atoms with E-state index in [1.54, 1.807) is 0 Å². The summed E-state index contributed by atoms with van der Waals surface area (Å²) in [6, 6.07) is 22.6. The molecule has 0 N–H and O–H groups in total. The Morgan fingerprint density at radius 3 is 2.61 bits per heavy atom. The number of nitrogens with zero attached hydrogens (tertiary/aromatic N) is 4. The first-order chi connectivity index (χ1) is 15.3. The van der Waals surface area contributed by atoms with Gasteiger partial charge in [-0.3, -0.25) is 0 Å². The maximum absolute atomic E-state index is 6.04. The van der Waals surface area contributed by atoms with Crippen molar-refractivity contribution in [3.05, 3.63) is 72.6 Å². The number of rotatable bonds is 6. The smallest absolute Gasteiger partial charge is 0.230 e. The lowest BCUT2D eigenvalue weighted by Crippen LogP contribution is -2.44. The molecule has 0 radical (unpaired) electrons. The van der Waals surface area contributed by atoms with Gasteiger partial charge in [-0.05, 0) is 30.6 Å². The van der Waals surface area contributed by atoms with Crippen molar-refractivity contribution in [2.24, 2.45) is 0 Å². The molecule has 6 nitrogen and oxygen atoms in total. The van der Waals surface area contributed by atoms with Gasteiger partial charge in [0.15, 0.2) is 0 Å². The molecule has 0 unspecified atom stereocenters. The fourth-order valence-corrected chi connectivity index (χ4v) is 3.97. The number of benzene rings is 3. The van der Waals surface area contributed by atoms with Crippen molar-refractivity contribution in [1.82, 2.24) is 15.0 Å². The number of piperazine rings is 1. The van der Waals surface area contributed by atoms with E-state index in [1.807, 2.05) is 36.4 Å². The molecule has 1 saturated heterocycles. The average molecular weight is 415 g/mol. The molecule has 3 aromatic carbocycles. The van der Waals surface area contributed by atoms with Crippen LogP contribution in [0.15, 0.2) is 71.3 Å². The van der Waals surface area contributed by atoms with Gasteiger partial charge in [0.2, 0.25) is 11.7 Å². The first-order valence-corrected chi connectivity index (χ1v) is 10.7. The molecule has 0 amide bonds. The maximum atomic E-state index is 6.04. The van der Waals surface area contributed by atoms with E-state index in [0.29, 0.717) is 24.7 Å². The van der Waals surface area contributed by atoms with E-state index >= 15 is 0 Å². The molecule has 31 heavy (non-hydrogen) atoms. The highest BCUT2D eigenvalue weighted by atomic mass is 16.5. The zero-order valence-corrected chi connectivity index (χ0v) is 17.7. The summed E-state index contributed by atoms with van der Waals surface area (Å²) in [5.74, 6) is 2.05. The van der Waals surface area contributed by atoms with Crippen molar-refractivity contribution in [3.8, 4) is 17.1 Å². The highest BCUT2D eigenvalue weighted by molar-refractivity contribution is 5.95. The molecule has 4 aromatic rings. The van der Waals surface area contributed by atoms with Gasteiger partial charge in [0.05, 0.1) is 13.0 Å². The molecule has 1 aliphatic heterocycles. The zero-order valence-electron chi connectivity index (χ0n) is 17.7. The first kappa shape index (κ1) is 19.6. The molecule has 0 saturated carbocycles. The predicted molar refractivity (Wildman–Crippen MR) is 123 cm³/mol. The van der Waals surface area contributed by atoms with Crippen LogP contribution >= 0.6 is 0 Å². The largest absolute Gasteiger partial charge is 0.493 e. The van der Waals surface area contributed by atoms with E-state index in [4.69, 9.17) is 9.26 Å². The molecule has 1 aromatic heterocycles. The average Bonchev–Trinajstić information content (AvgIpc) is 3.29. The lowest BCUT2D eigenvalue weighted by Gasteiger charge is -2.34. The maximum Gasteiger partial charge on any atom is 0.230 e. The molecule has 0 bridgehead atoms. The van der Waals surface area contributed by atoms with Crippen molar-refractivity contribution in [2.75, 3.05) is 44.7 Å². The number of likely N-dealkylation sites (N-methyl/N-ethyl adjacent to an activating group) is 1. The molecule has 1 aliphatic rings. The highest BCUT2D eigenvalue weighted by Gasteiger charge is 2.16. The third kappa shape index (κ3) is 4.39.